The van der Waals surface area contributed by atoms with Gasteiger partial charge in [0.2, 0.25) is 17.7 Å². The molecule has 31 heavy (non-hydrogen) atoms. The molecule has 2 atom stereocenters. The molecule has 6 heteroatoms. The van der Waals surface area contributed by atoms with Crippen LogP contribution in [0.4, 0.5) is 11.4 Å². The van der Waals surface area contributed by atoms with E-state index in [0.717, 1.165) is 34.5 Å². The lowest BCUT2D eigenvalue weighted by Gasteiger charge is -2.21. The van der Waals surface area contributed by atoms with Crippen LogP contribution in [0, 0.1) is 19.8 Å². The standard InChI is InChI=1S/C25H29N3O3/c1-15-5-7-22(16(2)11-15)17(3)26-25(31)20-13-24(30)28(14-20)21-6-8-23-19(12-21)9-10-27(23)18(4)29/h5-8,11-12,17,20H,9-10,13-14H2,1-4H3,(H,26,31)/t17-,20-/m0/s1. The quantitative estimate of drug-likeness (QED) is 0.825. The van der Waals surface area contributed by atoms with E-state index in [2.05, 4.69) is 24.4 Å². The van der Waals surface area contributed by atoms with E-state index in [1.54, 1.807) is 16.7 Å². The molecule has 2 aromatic rings. The van der Waals surface area contributed by atoms with Crippen molar-refractivity contribution < 1.29 is 14.4 Å². The Morgan fingerprint density at radius 1 is 1.13 bits per heavy atom. The summed E-state index contributed by atoms with van der Waals surface area (Å²) in [6.45, 7) is 8.69. The fourth-order valence-electron chi connectivity index (χ4n) is 4.74. The third kappa shape index (κ3) is 4.07. The Labute approximate surface area is 183 Å². The van der Waals surface area contributed by atoms with E-state index in [0.29, 0.717) is 13.1 Å². The van der Waals surface area contributed by atoms with Crippen LogP contribution in [0.5, 0.6) is 0 Å². The van der Waals surface area contributed by atoms with Crippen molar-refractivity contribution in [2.75, 3.05) is 22.9 Å². The third-order valence-corrected chi connectivity index (χ3v) is 6.40. The zero-order valence-electron chi connectivity index (χ0n) is 18.6. The van der Waals surface area contributed by atoms with Gasteiger partial charge in [0.25, 0.3) is 0 Å². The van der Waals surface area contributed by atoms with Crippen molar-refractivity contribution in [2.24, 2.45) is 5.92 Å². The van der Waals surface area contributed by atoms with E-state index in [1.807, 2.05) is 38.1 Å². The predicted octanol–water partition coefficient (Wildman–Crippen LogP) is 3.44. The molecule has 0 unspecified atom stereocenters. The second kappa shape index (κ2) is 8.17. The van der Waals surface area contributed by atoms with Crippen LogP contribution in [0.2, 0.25) is 0 Å². The van der Waals surface area contributed by atoms with Gasteiger partial charge in [0.15, 0.2) is 0 Å². The number of nitrogens with one attached hydrogen (secondary N) is 1. The first-order chi connectivity index (χ1) is 14.7. The van der Waals surface area contributed by atoms with Gasteiger partial charge in [-0.3, -0.25) is 14.4 Å². The first-order valence-corrected chi connectivity index (χ1v) is 10.8. The minimum atomic E-state index is -0.373. The first-order valence-electron chi connectivity index (χ1n) is 10.8. The van der Waals surface area contributed by atoms with Gasteiger partial charge in [0.05, 0.1) is 12.0 Å². The molecule has 0 aliphatic carbocycles. The van der Waals surface area contributed by atoms with E-state index in [1.165, 1.54) is 5.56 Å². The number of carbonyl (C=O) groups excluding carboxylic acids is 3. The first kappa shape index (κ1) is 21.1. The highest BCUT2D eigenvalue weighted by Crippen LogP contribution is 2.34. The fraction of sp³-hybridized carbons (Fsp3) is 0.400. The second-order valence-electron chi connectivity index (χ2n) is 8.73. The molecule has 4 rings (SSSR count). The van der Waals surface area contributed by atoms with Crippen LogP contribution in [-0.4, -0.2) is 30.8 Å². The van der Waals surface area contributed by atoms with Gasteiger partial charge in [-0.15, -0.1) is 0 Å². The van der Waals surface area contributed by atoms with Crippen molar-refractivity contribution in [1.29, 1.82) is 0 Å². The lowest BCUT2D eigenvalue weighted by molar-refractivity contribution is -0.126. The zero-order valence-corrected chi connectivity index (χ0v) is 18.6. The fourth-order valence-corrected chi connectivity index (χ4v) is 4.74. The molecule has 2 aliphatic rings. The highest BCUT2D eigenvalue weighted by atomic mass is 16.2. The van der Waals surface area contributed by atoms with Crippen molar-refractivity contribution in [2.45, 2.75) is 46.6 Å². The summed E-state index contributed by atoms with van der Waals surface area (Å²) < 4.78 is 0. The van der Waals surface area contributed by atoms with Crippen LogP contribution in [0.1, 0.15) is 48.6 Å². The van der Waals surface area contributed by atoms with Gasteiger partial charge in [-0.2, -0.15) is 0 Å². The smallest absolute Gasteiger partial charge is 0.227 e. The van der Waals surface area contributed by atoms with E-state index in [4.69, 9.17) is 0 Å². The Morgan fingerprint density at radius 2 is 1.90 bits per heavy atom. The van der Waals surface area contributed by atoms with Gasteiger partial charge in [-0.1, -0.05) is 23.8 Å². The summed E-state index contributed by atoms with van der Waals surface area (Å²) in [5, 5.41) is 3.09. The van der Waals surface area contributed by atoms with Crippen LogP contribution in [0.25, 0.3) is 0 Å². The van der Waals surface area contributed by atoms with Crippen LogP contribution in [-0.2, 0) is 20.8 Å². The Balaban J connectivity index is 1.45. The van der Waals surface area contributed by atoms with Crippen molar-refractivity contribution >= 4 is 29.1 Å². The molecular formula is C25H29N3O3. The van der Waals surface area contributed by atoms with E-state index >= 15 is 0 Å². The SMILES string of the molecule is CC(=O)N1CCc2cc(N3C[C@@H](C(=O)N[C@@H](C)c4ccc(C)cc4C)CC3=O)ccc21. The van der Waals surface area contributed by atoms with Crippen LogP contribution in [0.15, 0.2) is 36.4 Å². The van der Waals surface area contributed by atoms with Gasteiger partial charge in [-0.25, -0.2) is 0 Å². The molecule has 2 aromatic carbocycles. The normalized spacial score (nSPS) is 18.8. The van der Waals surface area contributed by atoms with Crippen LogP contribution in [0.3, 0.4) is 0 Å². The Morgan fingerprint density at radius 3 is 2.61 bits per heavy atom. The van der Waals surface area contributed by atoms with Crippen molar-refractivity contribution in [3.8, 4) is 0 Å². The molecule has 1 saturated heterocycles. The molecule has 0 saturated carbocycles. The van der Waals surface area contributed by atoms with Gasteiger partial charge in [-0.05, 0) is 62.1 Å². The average Bonchev–Trinajstić information content (AvgIpc) is 3.30. The molecule has 0 aromatic heterocycles. The van der Waals surface area contributed by atoms with Crippen LogP contribution >= 0.6 is 0 Å². The topological polar surface area (TPSA) is 69.7 Å². The minimum absolute atomic E-state index is 0.0263. The van der Waals surface area contributed by atoms with Gasteiger partial charge >= 0.3 is 0 Å². The van der Waals surface area contributed by atoms with Crippen molar-refractivity contribution in [3.05, 3.63) is 58.7 Å². The van der Waals surface area contributed by atoms with E-state index in [9.17, 15) is 14.4 Å². The summed E-state index contributed by atoms with van der Waals surface area (Å²) in [6.07, 6.45) is 0.990. The van der Waals surface area contributed by atoms with E-state index in [-0.39, 0.29) is 36.1 Å². The molecule has 6 nitrogen and oxygen atoms in total. The lowest BCUT2D eigenvalue weighted by Crippen LogP contribution is -2.34. The molecule has 2 aliphatic heterocycles. The van der Waals surface area contributed by atoms with Crippen molar-refractivity contribution in [3.63, 3.8) is 0 Å². The van der Waals surface area contributed by atoms with Gasteiger partial charge in [0.1, 0.15) is 0 Å². The number of anilines is 2. The summed E-state index contributed by atoms with van der Waals surface area (Å²) in [5.41, 5.74) is 6.21. The third-order valence-electron chi connectivity index (χ3n) is 6.40. The Bertz CT molecular complexity index is 1060. The number of hydrogen-bond acceptors (Lipinski definition) is 3. The Kier molecular flexibility index (Phi) is 5.56. The molecule has 1 fully saturated rings. The highest BCUT2D eigenvalue weighted by molar-refractivity contribution is 6.01. The average molecular weight is 420 g/mol. The molecule has 3 amide bonds. The van der Waals surface area contributed by atoms with Crippen LogP contribution < -0.4 is 15.1 Å². The summed E-state index contributed by atoms with van der Waals surface area (Å²) in [6, 6.07) is 11.9. The Hall–Kier alpha value is -3.15. The summed E-state index contributed by atoms with van der Waals surface area (Å²) in [4.78, 5) is 40.8. The molecule has 0 spiro atoms. The van der Waals surface area contributed by atoms with Crippen molar-refractivity contribution in [1.82, 2.24) is 5.32 Å². The highest BCUT2D eigenvalue weighted by Gasteiger charge is 2.36. The number of nitrogens with zero attached hydrogens (tertiary/aromatic N) is 2. The number of fused-ring (bicyclic) bond motifs is 1. The molecule has 1 N–H and O–H groups in total. The monoisotopic (exact) mass is 419 g/mol. The molecule has 0 bridgehead atoms. The summed E-state index contributed by atoms with van der Waals surface area (Å²) in [5.74, 6) is -0.478. The lowest BCUT2D eigenvalue weighted by atomic mass is 9.99. The molecule has 162 valence electrons. The number of rotatable bonds is 4. The second-order valence-corrected chi connectivity index (χ2v) is 8.73. The molecule has 0 radical (unpaired) electrons. The number of carbonyl (C=O) groups is 3. The maximum atomic E-state index is 12.9. The molecule has 2 heterocycles. The largest absolute Gasteiger partial charge is 0.349 e. The number of aryl methyl sites for hydroxylation is 2. The van der Waals surface area contributed by atoms with Gasteiger partial charge in [0, 0.05) is 37.8 Å². The van der Waals surface area contributed by atoms with Gasteiger partial charge < -0.3 is 15.1 Å². The number of hydrogen-bond donors (Lipinski definition) is 1. The maximum Gasteiger partial charge on any atom is 0.227 e. The number of amides is 3. The molecular weight excluding hydrogens is 390 g/mol. The maximum absolute atomic E-state index is 12.9. The minimum Gasteiger partial charge on any atom is -0.349 e. The number of benzene rings is 2. The predicted molar refractivity (Wildman–Crippen MR) is 121 cm³/mol. The summed E-state index contributed by atoms with van der Waals surface area (Å²) in [7, 11) is 0. The zero-order chi connectivity index (χ0) is 22.3. The summed E-state index contributed by atoms with van der Waals surface area (Å²) >= 11 is 0. The van der Waals surface area contributed by atoms with E-state index < -0.39 is 0 Å².